The van der Waals surface area contributed by atoms with Crippen molar-refractivity contribution >= 4 is 5.91 Å². The smallest absolute Gasteiger partial charge is 0.251 e. The van der Waals surface area contributed by atoms with E-state index in [9.17, 15) is 4.79 Å². The van der Waals surface area contributed by atoms with Crippen molar-refractivity contribution in [3.05, 3.63) is 47.4 Å². The first-order valence-electron chi connectivity index (χ1n) is 9.21. The molecule has 0 spiro atoms. The molecular weight excluding hydrogens is 346 g/mol. The molecule has 27 heavy (non-hydrogen) atoms. The maximum Gasteiger partial charge on any atom is 0.251 e. The van der Waals surface area contributed by atoms with E-state index in [4.69, 9.17) is 9.05 Å². The summed E-state index contributed by atoms with van der Waals surface area (Å²) in [5.74, 6) is 2.51. The highest BCUT2D eigenvalue weighted by Crippen LogP contribution is 2.39. The van der Waals surface area contributed by atoms with Gasteiger partial charge in [-0.3, -0.25) is 4.79 Å². The summed E-state index contributed by atoms with van der Waals surface area (Å²) in [5, 5.41) is 10.8. The van der Waals surface area contributed by atoms with Gasteiger partial charge in [-0.2, -0.15) is 9.97 Å². The molecule has 8 nitrogen and oxygen atoms in total. The van der Waals surface area contributed by atoms with Crippen LogP contribution >= 0.6 is 0 Å². The van der Waals surface area contributed by atoms with Crippen molar-refractivity contribution in [2.45, 2.75) is 51.5 Å². The first kappa shape index (κ1) is 17.4. The first-order chi connectivity index (χ1) is 13.1. The number of amides is 1. The number of aromatic nitrogens is 4. The largest absolute Gasteiger partial charge is 0.341 e. The molecule has 1 fully saturated rings. The van der Waals surface area contributed by atoms with Gasteiger partial charge in [0.05, 0.1) is 0 Å². The van der Waals surface area contributed by atoms with Crippen molar-refractivity contribution in [2.75, 3.05) is 0 Å². The second kappa shape index (κ2) is 7.30. The van der Waals surface area contributed by atoms with Crippen LogP contribution in [0.5, 0.6) is 0 Å². The fraction of sp³-hybridized carbons (Fsp3) is 0.421. The quantitative estimate of drug-likeness (QED) is 0.681. The minimum absolute atomic E-state index is 0.212. The highest BCUT2D eigenvalue weighted by atomic mass is 16.5. The number of nitrogens with zero attached hydrogens (tertiary/aromatic N) is 4. The Morgan fingerprint density at radius 2 is 1.96 bits per heavy atom. The maximum atomic E-state index is 12.5. The molecule has 4 rings (SSSR count). The van der Waals surface area contributed by atoms with E-state index in [1.807, 2.05) is 26.0 Å². The van der Waals surface area contributed by atoms with Gasteiger partial charge in [-0.05, 0) is 38.3 Å². The van der Waals surface area contributed by atoms with Crippen molar-refractivity contribution in [1.82, 2.24) is 25.6 Å². The maximum absolute atomic E-state index is 12.5. The molecule has 0 bridgehead atoms. The third-order valence-electron chi connectivity index (χ3n) is 4.45. The monoisotopic (exact) mass is 367 g/mol. The SMILES string of the molecule is CCCc1noc([C@@H](C)NC(=O)c2ccc(-c3noc(C4CC4)n3)cc2)n1. The lowest BCUT2D eigenvalue weighted by molar-refractivity contribution is 0.0932. The van der Waals surface area contributed by atoms with Crippen LogP contribution in [0.2, 0.25) is 0 Å². The molecule has 0 aliphatic heterocycles. The third-order valence-corrected chi connectivity index (χ3v) is 4.45. The van der Waals surface area contributed by atoms with Crippen LogP contribution in [-0.4, -0.2) is 26.2 Å². The highest BCUT2D eigenvalue weighted by molar-refractivity contribution is 5.94. The number of rotatable bonds is 7. The molecule has 2 heterocycles. The van der Waals surface area contributed by atoms with E-state index in [1.165, 1.54) is 0 Å². The van der Waals surface area contributed by atoms with Gasteiger partial charge >= 0.3 is 0 Å². The summed E-state index contributed by atoms with van der Waals surface area (Å²) < 4.78 is 10.5. The van der Waals surface area contributed by atoms with E-state index in [1.54, 1.807) is 12.1 Å². The Kier molecular flexibility index (Phi) is 4.70. The molecule has 2 aromatic heterocycles. The Hall–Kier alpha value is -3.03. The van der Waals surface area contributed by atoms with Gasteiger partial charge in [0.25, 0.3) is 5.91 Å². The molecule has 8 heteroatoms. The van der Waals surface area contributed by atoms with Crippen LogP contribution in [0.4, 0.5) is 0 Å². The summed E-state index contributed by atoms with van der Waals surface area (Å²) in [6, 6.07) is 6.73. The van der Waals surface area contributed by atoms with Gasteiger partial charge in [0, 0.05) is 23.5 Å². The van der Waals surface area contributed by atoms with Crippen LogP contribution in [0.15, 0.2) is 33.3 Å². The van der Waals surface area contributed by atoms with E-state index in [2.05, 4.69) is 25.6 Å². The second-order valence-electron chi connectivity index (χ2n) is 6.80. The molecular formula is C19H21N5O3. The lowest BCUT2D eigenvalue weighted by atomic mass is 10.1. The molecule has 0 saturated heterocycles. The Morgan fingerprint density at radius 1 is 1.19 bits per heavy atom. The van der Waals surface area contributed by atoms with Crippen LogP contribution in [0.1, 0.15) is 73.0 Å². The second-order valence-corrected chi connectivity index (χ2v) is 6.80. The summed E-state index contributed by atoms with van der Waals surface area (Å²) >= 11 is 0. The molecule has 140 valence electrons. The van der Waals surface area contributed by atoms with E-state index in [0.29, 0.717) is 34.9 Å². The van der Waals surface area contributed by atoms with E-state index in [0.717, 1.165) is 31.2 Å². The third kappa shape index (κ3) is 3.89. The van der Waals surface area contributed by atoms with Crippen molar-refractivity contribution in [2.24, 2.45) is 0 Å². The Balaban J connectivity index is 1.40. The molecule has 1 aliphatic rings. The van der Waals surface area contributed by atoms with Gasteiger partial charge in [-0.25, -0.2) is 0 Å². The zero-order valence-electron chi connectivity index (χ0n) is 15.3. The summed E-state index contributed by atoms with van der Waals surface area (Å²) in [7, 11) is 0. The summed E-state index contributed by atoms with van der Waals surface area (Å²) in [5.41, 5.74) is 1.35. The Morgan fingerprint density at radius 3 is 2.67 bits per heavy atom. The first-order valence-corrected chi connectivity index (χ1v) is 9.21. The molecule has 3 aromatic rings. The van der Waals surface area contributed by atoms with Gasteiger partial charge in [0.2, 0.25) is 17.6 Å². The summed E-state index contributed by atoms with van der Waals surface area (Å²) in [6.45, 7) is 3.86. The summed E-state index contributed by atoms with van der Waals surface area (Å²) in [4.78, 5) is 21.2. The number of aryl methyl sites for hydroxylation is 1. The van der Waals surface area contributed by atoms with Crippen LogP contribution in [0, 0.1) is 0 Å². The standard InChI is InChI=1S/C19H21N5O3/c1-3-4-15-21-18(26-23-15)11(2)20-17(25)13-7-5-12(6-8-13)16-22-19(27-24-16)14-9-10-14/h5-8,11,14H,3-4,9-10H2,1-2H3,(H,20,25)/t11-/m1/s1. The van der Waals surface area contributed by atoms with E-state index in [-0.39, 0.29) is 11.9 Å². The van der Waals surface area contributed by atoms with Gasteiger partial charge in [-0.15, -0.1) is 0 Å². The van der Waals surface area contributed by atoms with Crippen molar-refractivity contribution < 1.29 is 13.8 Å². The average Bonchev–Trinajstić information content (AvgIpc) is 3.22. The predicted octanol–water partition coefficient (Wildman–Crippen LogP) is 3.44. The minimum atomic E-state index is -0.367. The molecule has 1 aliphatic carbocycles. The van der Waals surface area contributed by atoms with E-state index >= 15 is 0 Å². The fourth-order valence-electron chi connectivity index (χ4n) is 2.73. The molecule has 1 N–H and O–H groups in total. The van der Waals surface area contributed by atoms with Gasteiger partial charge in [-0.1, -0.05) is 29.4 Å². The zero-order valence-corrected chi connectivity index (χ0v) is 15.3. The molecule has 1 amide bonds. The van der Waals surface area contributed by atoms with Crippen LogP contribution in [0.3, 0.4) is 0 Å². The van der Waals surface area contributed by atoms with E-state index < -0.39 is 0 Å². The number of hydrogen-bond donors (Lipinski definition) is 1. The highest BCUT2D eigenvalue weighted by Gasteiger charge is 2.29. The lowest BCUT2D eigenvalue weighted by Gasteiger charge is -2.09. The average molecular weight is 367 g/mol. The molecule has 0 unspecified atom stereocenters. The Labute approximate surface area is 156 Å². The van der Waals surface area contributed by atoms with Crippen molar-refractivity contribution in [1.29, 1.82) is 0 Å². The number of hydrogen-bond acceptors (Lipinski definition) is 7. The lowest BCUT2D eigenvalue weighted by Crippen LogP contribution is -2.26. The number of nitrogens with one attached hydrogen (secondary N) is 1. The van der Waals surface area contributed by atoms with Gasteiger partial charge in [0.1, 0.15) is 6.04 Å². The minimum Gasteiger partial charge on any atom is -0.341 e. The predicted molar refractivity (Wildman–Crippen MR) is 95.9 cm³/mol. The van der Waals surface area contributed by atoms with Crippen LogP contribution in [-0.2, 0) is 6.42 Å². The van der Waals surface area contributed by atoms with Gasteiger partial charge in [0.15, 0.2) is 5.82 Å². The molecule has 1 atom stereocenters. The topological polar surface area (TPSA) is 107 Å². The number of carbonyl (C=O) groups excluding carboxylic acids is 1. The van der Waals surface area contributed by atoms with Gasteiger partial charge < -0.3 is 14.4 Å². The fourth-order valence-corrected chi connectivity index (χ4v) is 2.73. The van der Waals surface area contributed by atoms with Crippen molar-refractivity contribution in [3.8, 4) is 11.4 Å². The number of benzene rings is 1. The van der Waals surface area contributed by atoms with Crippen LogP contribution in [0.25, 0.3) is 11.4 Å². The number of carbonyl (C=O) groups is 1. The van der Waals surface area contributed by atoms with Crippen LogP contribution < -0.4 is 5.32 Å². The normalized spacial score (nSPS) is 14.9. The summed E-state index contributed by atoms with van der Waals surface area (Å²) in [6.07, 6.45) is 3.91. The zero-order chi connectivity index (χ0) is 18.8. The molecule has 0 radical (unpaired) electrons. The van der Waals surface area contributed by atoms with Crippen molar-refractivity contribution in [3.63, 3.8) is 0 Å². The molecule has 1 aromatic carbocycles. The molecule has 1 saturated carbocycles. The Bertz CT molecular complexity index is 927.